The number of nitro benzene ring substituents is 1. The van der Waals surface area contributed by atoms with Gasteiger partial charge >= 0.3 is 6.09 Å². The fraction of sp³-hybridized carbons (Fsp3) is 0.222. The normalized spacial score (nSPS) is 15.8. The number of fused-ring (bicyclic) bond motifs is 1. The number of carboxylic acid groups (broad SMARTS) is 1. The maximum Gasteiger partial charge on any atom is 0.409 e. The maximum absolute atomic E-state index is 13.2. The molecule has 1 aliphatic heterocycles. The highest BCUT2D eigenvalue weighted by Crippen LogP contribution is 2.35. The molecule has 0 fully saturated rings. The van der Waals surface area contributed by atoms with E-state index in [0.717, 1.165) is 0 Å². The number of rotatable bonds is 3. The number of nitrogens with one attached hydrogen (secondary N) is 2. The van der Waals surface area contributed by atoms with Crippen LogP contribution in [0.1, 0.15) is 23.7 Å². The second kappa shape index (κ2) is 7.85. The zero-order chi connectivity index (χ0) is 20.4. The fourth-order valence-corrected chi connectivity index (χ4v) is 3.40. The van der Waals surface area contributed by atoms with E-state index >= 15 is 0 Å². The van der Waals surface area contributed by atoms with Gasteiger partial charge in [-0.3, -0.25) is 20.2 Å². The number of benzene rings is 2. The van der Waals surface area contributed by atoms with Gasteiger partial charge in [0, 0.05) is 29.9 Å². The number of amides is 2. The molecule has 1 atom stereocenters. The van der Waals surface area contributed by atoms with Crippen molar-refractivity contribution in [2.45, 2.75) is 19.4 Å². The van der Waals surface area contributed by atoms with Gasteiger partial charge in [-0.05, 0) is 59.6 Å². The summed E-state index contributed by atoms with van der Waals surface area (Å²) in [6, 6.07) is 9.17. The first-order valence-corrected chi connectivity index (χ1v) is 9.22. The van der Waals surface area contributed by atoms with Crippen molar-refractivity contribution in [1.82, 2.24) is 0 Å². The average molecular weight is 449 g/mol. The molecule has 3 N–H and O–H groups in total. The van der Waals surface area contributed by atoms with E-state index in [4.69, 9.17) is 5.11 Å². The molecule has 28 heavy (non-hydrogen) atoms. The molecule has 1 heterocycles. The minimum Gasteiger partial charge on any atom is -0.465 e. The van der Waals surface area contributed by atoms with E-state index in [2.05, 4.69) is 26.6 Å². The molecule has 2 amide bonds. The summed E-state index contributed by atoms with van der Waals surface area (Å²) in [7, 11) is 0. The molecule has 0 radical (unpaired) electrons. The Kier molecular flexibility index (Phi) is 5.50. The van der Waals surface area contributed by atoms with Gasteiger partial charge < -0.3 is 15.3 Å². The van der Waals surface area contributed by atoms with Crippen molar-refractivity contribution in [3.05, 3.63) is 56.5 Å². The summed E-state index contributed by atoms with van der Waals surface area (Å²) in [5, 5.41) is 25.7. The summed E-state index contributed by atoms with van der Waals surface area (Å²) in [6.45, 7) is 2.35. The smallest absolute Gasteiger partial charge is 0.409 e. The van der Waals surface area contributed by atoms with Gasteiger partial charge in [-0.1, -0.05) is 0 Å². The van der Waals surface area contributed by atoms with Crippen LogP contribution in [0.5, 0.6) is 0 Å². The molecule has 1 aliphatic rings. The number of hydrogen-bond acceptors (Lipinski definition) is 5. The highest BCUT2D eigenvalue weighted by atomic mass is 79.9. The molecule has 2 aromatic carbocycles. The monoisotopic (exact) mass is 448 g/mol. The maximum atomic E-state index is 13.2. The molecule has 3 rings (SSSR count). The number of anilines is 3. The molecule has 2 aromatic rings. The Hall–Kier alpha value is -3.14. The lowest BCUT2D eigenvalue weighted by Crippen LogP contribution is -2.32. The van der Waals surface area contributed by atoms with Crippen LogP contribution in [0.4, 0.5) is 27.5 Å². The van der Waals surface area contributed by atoms with Crippen molar-refractivity contribution in [2.75, 3.05) is 22.1 Å². The third-order valence-electron chi connectivity index (χ3n) is 4.36. The molecule has 0 aromatic heterocycles. The van der Waals surface area contributed by atoms with Gasteiger partial charge in [0.1, 0.15) is 0 Å². The van der Waals surface area contributed by atoms with Crippen LogP contribution in [-0.4, -0.2) is 34.6 Å². The van der Waals surface area contributed by atoms with Crippen LogP contribution in [0.15, 0.2) is 40.9 Å². The largest absolute Gasteiger partial charge is 0.465 e. The number of carbonyl (C=O) groups excluding carboxylic acids is 1. The zero-order valence-electron chi connectivity index (χ0n) is 14.8. The molecule has 9 nitrogen and oxygen atoms in total. The molecule has 0 aliphatic carbocycles. The average Bonchev–Trinajstić information content (AvgIpc) is 2.79. The van der Waals surface area contributed by atoms with Crippen LogP contribution in [0.25, 0.3) is 0 Å². The standard InChI is InChI=1S/C18H17BrN4O5/c1-10-6-7-22(16-9-12(21-18(25)26)3-5-14(16)20-10)17(24)11-2-4-13(19)15(8-11)23(27)28/h2-5,8-10,20-21H,6-7H2,1H3,(H,25,26). The van der Waals surface area contributed by atoms with Crippen LogP contribution >= 0.6 is 15.9 Å². The molecule has 0 saturated heterocycles. The summed E-state index contributed by atoms with van der Waals surface area (Å²) in [4.78, 5) is 36.3. The lowest BCUT2D eigenvalue weighted by Gasteiger charge is -2.23. The Balaban J connectivity index is 2.04. The third-order valence-corrected chi connectivity index (χ3v) is 5.03. The van der Waals surface area contributed by atoms with Crippen LogP contribution in [-0.2, 0) is 0 Å². The number of nitrogens with zero attached hydrogens (tertiary/aromatic N) is 2. The van der Waals surface area contributed by atoms with E-state index < -0.39 is 16.9 Å². The Morgan fingerprint density at radius 1 is 1.32 bits per heavy atom. The van der Waals surface area contributed by atoms with Crippen molar-refractivity contribution >= 4 is 50.7 Å². The van der Waals surface area contributed by atoms with E-state index in [0.29, 0.717) is 30.0 Å². The predicted octanol–water partition coefficient (Wildman–Crippen LogP) is 4.30. The van der Waals surface area contributed by atoms with Crippen molar-refractivity contribution in [3.63, 3.8) is 0 Å². The number of halogens is 1. The quantitative estimate of drug-likeness (QED) is 0.474. The van der Waals surface area contributed by atoms with Gasteiger partial charge in [0.2, 0.25) is 0 Å². The van der Waals surface area contributed by atoms with Gasteiger partial charge in [-0.15, -0.1) is 0 Å². The van der Waals surface area contributed by atoms with E-state index in [1.807, 2.05) is 6.92 Å². The highest BCUT2D eigenvalue weighted by molar-refractivity contribution is 9.10. The second-order valence-corrected chi connectivity index (χ2v) is 7.23. The van der Waals surface area contributed by atoms with Crippen molar-refractivity contribution in [3.8, 4) is 0 Å². The Labute approximate surface area is 168 Å². The Bertz CT molecular complexity index is 965. The number of hydrogen-bond donors (Lipinski definition) is 3. The molecule has 0 spiro atoms. The zero-order valence-corrected chi connectivity index (χ0v) is 16.4. The van der Waals surface area contributed by atoms with Gasteiger partial charge in [0.05, 0.1) is 20.8 Å². The first kappa shape index (κ1) is 19.6. The first-order valence-electron chi connectivity index (χ1n) is 8.42. The lowest BCUT2D eigenvalue weighted by atomic mass is 10.1. The van der Waals surface area contributed by atoms with Crippen molar-refractivity contribution in [2.24, 2.45) is 0 Å². The number of nitro groups is 1. The summed E-state index contributed by atoms with van der Waals surface area (Å²) in [5.74, 6) is -0.403. The molecule has 146 valence electrons. The molecule has 1 unspecified atom stereocenters. The third kappa shape index (κ3) is 4.06. The van der Waals surface area contributed by atoms with Gasteiger partial charge in [0.25, 0.3) is 11.6 Å². The predicted molar refractivity (Wildman–Crippen MR) is 108 cm³/mol. The summed E-state index contributed by atoms with van der Waals surface area (Å²) in [5.41, 5.74) is 1.48. The summed E-state index contributed by atoms with van der Waals surface area (Å²) < 4.78 is 0.286. The van der Waals surface area contributed by atoms with E-state index in [1.54, 1.807) is 18.2 Å². The second-order valence-electron chi connectivity index (χ2n) is 6.38. The Morgan fingerprint density at radius 2 is 2.07 bits per heavy atom. The highest BCUT2D eigenvalue weighted by Gasteiger charge is 2.26. The Morgan fingerprint density at radius 3 is 2.75 bits per heavy atom. The molecule has 0 bridgehead atoms. The fourth-order valence-electron chi connectivity index (χ4n) is 3.01. The van der Waals surface area contributed by atoms with Crippen LogP contribution in [0.2, 0.25) is 0 Å². The molecular formula is C18H17BrN4O5. The molecule has 0 saturated carbocycles. The van der Waals surface area contributed by atoms with Crippen molar-refractivity contribution in [1.29, 1.82) is 0 Å². The van der Waals surface area contributed by atoms with Crippen LogP contribution < -0.4 is 15.5 Å². The van der Waals surface area contributed by atoms with Gasteiger partial charge in [-0.25, -0.2) is 4.79 Å². The van der Waals surface area contributed by atoms with Crippen molar-refractivity contribution < 1.29 is 19.6 Å². The van der Waals surface area contributed by atoms with E-state index in [-0.39, 0.29) is 21.8 Å². The lowest BCUT2D eigenvalue weighted by molar-refractivity contribution is -0.385. The summed E-state index contributed by atoms with van der Waals surface area (Å²) >= 11 is 3.11. The minimum absolute atomic E-state index is 0.0917. The minimum atomic E-state index is -1.21. The van der Waals surface area contributed by atoms with Crippen LogP contribution in [0, 0.1) is 10.1 Å². The first-order chi connectivity index (χ1) is 13.3. The summed E-state index contributed by atoms with van der Waals surface area (Å²) in [6.07, 6.45) is -0.558. The topological polar surface area (TPSA) is 125 Å². The molecular weight excluding hydrogens is 432 g/mol. The van der Waals surface area contributed by atoms with Gasteiger partial charge in [0.15, 0.2) is 0 Å². The van der Waals surface area contributed by atoms with E-state index in [9.17, 15) is 19.7 Å². The van der Waals surface area contributed by atoms with E-state index in [1.165, 1.54) is 23.1 Å². The van der Waals surface area contributed by atoms with Crippen LogP contribution in [0.3, 0.4) is 0 Å². The van der Waals surface area contributed by atoms with Gasteiger partial charge in [-0.2, -0.15) is 0 Å². The number of carbonyl (C=O) groups is 2. The molecule has 10 heteroatoms. The SMILES string of the molecule is CC1CCN(C(=O)c2ccc(Br)c([N+](=O)[O-])c2)c2cc(NC(=O)O)ccc2N1.